The van der Waals surface area contributed by atoms with Crippen molar-refractivity contribution in [3.8, 4) is 0 Å². The highest BCUT2D eigenvalue weighted by atomic mass is 35.5. The standard InChI is InChI=1S/C23H14ClN3O3/c24-13-8-9-19-25-14(12-27(19)11-13)10-20(28)26-18-7-3-6-17-21(18)23(30)16-5-2-1-4-15(16)22(17)29/h1-9,11-12H,10H2,(H,26,28). The third-order valence-corrected chi connectivity index (χ3v) is 5.26. The smallest absolute Gasteiger partial charge is 0.230 e. The average molecular weight is 416 g/mol. The predicted octanol–water partition coefficient (Wildman–Crippen LogP) is 3.94. The van der Waals surface area contributed by atoms with Crippen LogP contribution >= 0.6 is 11.6 Å². The molecular formula is C23H14ClN3O3. The van der Waals surface area contributed by atoms with E-state index in [2.05, 4.69) is 10.3 Å². The number of nitrogens with one attached hydrogen (secondary N) is 1. The van der Waals surface area contributed by atoms with Gasteiger partial charge in [-0.3, -0.25) is 14.4 Å². The summed E-state index contributed by atoms with van der Waals surface area (Å²) in [5.41, 5.74) is 2.78. The largest absolute Gasteiger partial charge is 0.325 e. The molecule has 2 heterocycles. The van der Waals surface area contributed by atoms with Crippen LogP contribution in [0.4, 0.5) is 5.69 Å². The number of halogens is 1. The van der Waals surface area contributed by atoms with Crippen LogP contribution in [0.3, 0.4) is 0 Å². The molecule has 5 rings (SSSR count). The first kappa shape index (κ1) is 18.3. The van der Waals surface area contributed by atoms with Crippen molar-refractivity contribution in [3.05, 3.63) is 100.0 Å². The Labute approximate surface area is 176 Å². The molecule has 0 atom stereocenters. The van der Waals surface area contributed by atoms with Gasteiger partial charge >= 0.3 is 0 Å². The Hall–Kier alpha value is -3.77. The lowest BCUT2D eigenvalue weighted by Crippen LogP contribution is -2.24. The first-order valence-corrected chi connectivity index (χ1v) is 9.63. The molecule has 0 saturated carbocycles. The molecule has 1 N–H and O–H groups in total. The van der Waals surface area contributed by atoms with Gasteiger partial charge in [-0.15, -0.1) is 0 Å². The molecular weight excluding hydrogens is 402 g/mol. The van der Waals surface area contributed by atoms with E-state index in [1.54, 1.807) is 71.4 Å². The van der Waals surface area contributed by atoms with Crippen LogP contribution in [-0.2, 0) is 11.2 Å². The quantitative estimate of drug-likeness (QED) is 0.484. The fourth-order valence-corrected chi connectivity index (χ4v) is 3.88. The maximum Gasteiger partial charge on any atom is 0.230 e. The highest BCUT2D eigenvalue weighted by Crippen LogP contribution is 2.32. The van der Waals surface area contributed by atoms with Crippen molar-refractivity contribution in [1.82, 2.24) is 9.38 Å². The number of benzene rings is 2. The fraction of sp³-hybridized carbons (Fsp3) is 0.0435. The van der Waals surface area contributed by atoms with Gasteiger partial charge in [-0.05, 0) is 18.2 Å². The second kappa shape index (κ2) is 6.93. The zero-order valence-electron chi connectivity index (χ0n) is 15.6. The zero-order valence-corrected chi connectivity index (χ0v) is 16.3. The summed E-state index contributed by atoms with van der Waals surface area (Å²) >= 11 is 5.98. The summed E-state index contributed by atoms with van der Waals surface area (Å²) < 4.78 is 1.74. The Morgan fingerprint density at radius 1 is 0.900 bits per heavy atom. The number of pyridine rings is 1. The van der Waals surface area contributed by atoms with Crippen LogP contribution in [0.15, 0.2) is 67.0 Å². The molecule has 146 valence electrons. The molecule has 1 aliphatic rings. The Kier molecular flexibility index (Phi) is 4.22. The van der Waals surface area contributed by atoms with Crippen LogP contribution in [0.1, 0.15) is 37.5 Å². The van der Waals surface area contributed by atoms with E-state index in [0.29, 0.717) is 38.7 Å². The van der Waals surface area contributed by atoms with E-state index in [1.165, 1.54) is 0 Å². The van der Waals surface area contributed by atoms with E-state index in [1.807, 2.05) is 0 Å². The van der Waals surface area contributed by atoms with Gasteiger partial charge in [0.05, 0.1) is 28.4 Å². The lowest BCUT2D eigenvalue weighted by Gasteiger charge is -2.20. The molecule has 0 unspecified atom stereocenters. The van der Waals surface area contributed by atoms with Gasteiger partial charge in [-0.2, -0.15) is 0 Å². The molecule has 2 aromatic carbocycles. The molecule has 0 bridgehead atoms. The molecule has 7 heteroatoms. The maximum atomic E-state index is 13.0. The van der Waals surface area contributed by atoms with Crippen LogP contribution < -0.4 is 5.32 Å². The topological polar surface area (TPSA) is 80.5 Å². The van der Waals surface area contributed by atoms with Crippen molar-refractivity contribution < 1.29 is 14.4 Å². The maximum absolute atomic E-state index is 13.0. The number of hydrogen-bond donors (Lipinski definition) is 1. The summed E-state index contributed by atoms with van der Waals surface area (Å²) in [6.07, 6.45) is 3.45. The predicted molar refractivity (Wildman–Crippen MR) is 112 cm³/mol. The Balaban J connectivity index is 1.45. The molecule has 1 aliphatic carbocycles. The Bertz CT molecular complexity index is 1370. The van der Waals surface area contributed by atoms with Gasteiger partial charge in [0.25, 0.3) is 0 Å². The molecule has 30 heavy (non-hydrogen) atoms. The molecule has 0 spiro atoms. The number of ketones is 2. The lowest BCUT2D eigenvalue weighted by molar-refractivity contribution is -0.115. The Morgan fingerprint density at radius 3 is 2.43 bits per heavy atom. The molecule has 6 nitrogen and oxygen atoms in total. The number of imidazole rings is 1. The summed E-state index contributed by atoms with van der Waals surface area (Å²) in [6.45, 7) is 0. The van der Waals surface area contributed by atoms with Crippen LogP contribution in [0.25, 0.3) is 5.65 Å². The molecule has 4 aromatic rings. The van der Waals surface area contributed by atoms with E-state index in [-0.39, 0.29) is 29.5 Å². The van der Waals surface area contributed by atoms with Crippen molar-refractivity contribution in [2.45, 2.75) is 6.42 Å². The fourth-order valence-electron chi connectivity index (χ4n) is 3.71. The van der Waals surface area contributed by atoms with Gasteiger partial charge in [0, 0.05) is 29.1 Å². The number of aromatic nitrogens is 2. The van der Waals surface area contributed by atoms with Crippen LogP contribution in [0.2, 0.25) is 5.02 Å². The van der Waals surface area contributed by atoms with E-state index in [4.69, 9.17) is 11.6 Å². The number of rotatable bonds is 3. The lowest BCUT2D eigenvalue weighted by atomic mass is 9.83. The zero-order chi connectivity index (χ0) is 20.8. The number of anilines is 1. The van der Waals surface area contributed by atoms with Gasteiger partial charge in [-0.1, -0.05) is 48.0 Å². The second-order valence-electron chi connectivity index (χ2n) is 7.00. The molecule has 1 amide bonds. The third-order valence-electron chi connectivity index (χ3n) is 5.03. The monoisotopic (exact) mass is 415 g/mol. The third kappa shape index (κ3) is 2.98. The number of nitrogens with zero attached hydrogens (tertiary/aromatic N) is 2. The van der Waals surface area contributed by atoms with Crippen molar-refractivity contribution in [1.29, 1.82) is 0 Å². The summed E-state index contributed by atoms with van der Waals surface area (Å²) in [5.74, 6) is -0.844. The first-order valence-electron chi connectivity index (χ1n) is 9.26. The van der Waals surface area contributed by atoms with Crippen molar-refractivity contribution in [3.63, 3.8) is 0 Å². The van der Waals surface area contributed by atoms with Crippen molar-refractivity contribution >= 4 is 40.4 Å². The number of amides is 1. The van der Waals surface area contributed by atoms with Gasteiger partial charge < -0.3 is 9.72 Å². The molecule has 2 aromatic heterocycles. The van der Waals surface area contributed by atoms with E-state index >= 15 is 0 Å². The van der Waals surface area contributed by atoms with E-state index in [0.717, 1.165) is 0 Å². The number of fused-ring (bicyclic) bond motifs is 3. The highest BCUT2D eigenvalue weighted by molar-refractivity contribution is 6.31. The minimum Gasteiger partial charge on any atom is -0.325 e. The minimum absolute atomic E-state index is 0.0156. The summed E-state index contributed by atoms with van der Waals surface area (Å²) in [6, 6.07) is 15.1. The van der Waals surface area contributed by atoms with Gasteiger partial charge in [0.2, 0.25) is 5.91 Å². The molecule has 0 saturated heterocycles. The van der Waals surface area contributed by atoms with Crippen molar-refractivity contribution in [2.24, 2.45) is 0 Å². The number of carbonyl (C=O) groups is 3. The van der Waals surface area contributed by atoms with Crippen LogP contribution in [0.5, 0.6) is 0 Å². The summed E-state index contributed by atoms with van der Waals surface area (Å²) in [7, 11) is 0. The average Bonchev–Trinajstić information content (AvgIpc) is 3.13. The highest BCUT2D eigenvalue weighted by Gasteiger charge is 2.31. The van der Waals surface area contributed by atoms with E-state index in [9.17, 15) is 14.4 Å². The molecule has 0 fully saturated rings. The van der Waals surface area contributed by atoms with Crippen molar-refractivity contribution in [2.75, 3.05) is 5.32 Å². The van der Waals surface area contributed by atoms with Crippen LogP contribution in [0, 0.1) is 0 Å². The second-order valence-corrected chi connectivity index (χ2v) is 7.44. The molecule has 0 radical (unpaired) electrons. The normalized spacial score (nSPS) is 12.6. The van der Waals surface area contributed by atoms with E-state index < -0.39 is 0 Å². The van der Waals surface area contributed by atoms with Gasteiger partial charge in [0.15, 0.2) is 11.6 Å². The van der Waals surface area contributed by atoms with Crippen LogP contribution in [-0.4, -0.2) is 26.9 Å². The van der Waals surface area contributed by atoms with Gasteiger partial charge in [0.1, 0.15) is 5.65 Å². The van der Waals surface area contributed by atoms with Gasteiger partial charge in [-0.25, -0.2) is 4.98 Å². The number of hydrogen-bond acceptors (Lipinski definition) is 4. The first-order chi connectivity index (χ1) is 14.5. The SMILES string of the molecule is O=C(Cc1cn2cc(Cl)ccc2n1)Nc1cccc2c1C(=O)c1ccccc1C2=O. The minimum atomic E-state index is -0.336. The Morgan fingerprint density at radius 2 is 1.63 bits per heavy atom. The number of carbonyl (C=O) groups excluding carboxylic acids is 3. The molecule has 0 aliphatic heterocycles. The summed E-state index contributed by atoms with van der Waals surface area (Å²) in [5, 5.41) is 3.33. The summed E-state index contributed by atoms with van der Waals surface area (Å²) in [4.78, 5) is 42.9.